The lowest BCUT2D eigenvalue weighted by Crippen LogP contribution is -2.25. The summed E-state index contributed by atoms with van der Waals surface area (Å²) >= 11 is 0. The van der Waals surface area contributed by atoms with Crippen molar-refractivity contribution >= 4 is 11.7 Å². The number of imidazole rings is 1. The van der Waals surface area contributed by atoms with Gasteiger partial charge in [0.05, 0.1) is 12.1 Å². The fourth-order valence-corrected chi connectivity index (χ4v) is 1.49. The lowest BCUT2D eigenvalue weighted by atomic mass is 10.2. The van der Waals surface area contributed by atoms with Crippen LogP contribution >= 0.6 is 0 Å². The van der Waals surface area contributed by atoms with E-state index in [-0.39, 0.29) is 18.2 Å². The van der Waals surface area contributed by atoms with E-state index >= 15 is 0 Å². The van der Waals surface area contributed by atoms with E-state index in [1.807, 2.05) is 18.5 Å². The Labute approximate surface area is 75.3 Å². The zero-order chi connectivity index (χ0) is 9.59. The second kappa shape index (κ2) is 2.42. The van der Waals surface area contributed by atoms with Gasteiger partial charge in [-0.15, -0.1) is 0 Å². The van der Waals surface area contributed by atoms with Crippen molar-refractivity contribution in [3.63, 3.8) is 0 Å². The molecule has 0 aliphatic carbocycles. The summed E-state index contributed by atoms with van der Waals surface area (Å²) in [5.41, 5.74) is 7.13. The van der Waals surface area contributed by atoms with Gasteiger partial charge < -0.3 is 10.3 Å². The molecular weight excluding hydrogens is 168 g/mol. The summed E-state index contributed by atoms with van der Waals surface area (Å²) in [4.78, 5) is 19.0. The van der Waals surface area contributed by atoms with E-state index in [4.69, 9.17) is 5.73 Å². The first-order valence-electron chi connectivity index (χ1n) is 3.99. The van der Waals surface area contributed by atoms with Gasteiger partial charge in [-0.3, -0.25) is 4.79 Å². The minimum absolute atomic E-state index is 0.219. The van der Waals surface area contributed by atoms with Crippen LogP contribution < -0.4 is 5.73 Å². The maximum atomic E-state index is 11.0. The lowest BCUT2D eigenvalue weighted by molar-refractivity contribution is -0.117. The summed E-state index contributed by atoms with van der Waals surface area (Å²) < 4.78 is 1.85. The first-order chi connectivity index (χ1) is 6.09. The van der Waals surface area contributed by atoms with Crippen molar-refractivity contribution in [2.24, 2.45) is 17.8 Å². The Balaban J connectivity index is 2.67. The number of carbonyl (C=O) groups is 1. The molecule has 2 rings (SSSR count). The molecule has 0 spiro atoms. The van der Waals surface area contributed by atoms with Crippen molar-refractivity contribution in [3.05, 3.63) is 17.2 Å². The number of aliphatic imine (C=N–C) groups is 1. The number of amidine groups is 1. The van der Waals surface area contributed by atoms with Crippen LogP contribution in [0, 0.1) is 6.92 Å². The third-order valence-corrected chi connectivity index (χ3v) is 2.20. The van der Waals surface area contributed by atoms with Crippen molar-refractivity contribution in [2.75, 3.05) is 0 Å². The predicted molar refractivity (Wildman–Crippen MR) is 47.4 cm³/mol. The van der Waals surface area contributed by atoms with E-state index in [9.17, 15) is 4.79 Å². The molecule has 1 aliphatic rings. The molecule has 13 heavy (non-hydrogen) atoms. The van der Waals surface area contributed by atoms with Gasteiger partial charge in [-0.25, -0.2) is 4.98 Å². The van der Waals surface area contributed by atoms with Crippen molar-refractivity contribution in [3.8, 4) is 0 Å². The maximum absolute atomic E-state index is 11.0. The molecule has 0 saturated carbocycles. The number of carbonyl (C=O) groups excluding carboxylic acids is 1. The molecule has 2 N–H and O–H groups in total. The average molecular weight is 178 g/mol. The largest absolute Gasteiger partial charge is 0.382 e. The molecule has 5 nitrogen and oxygen atoms in total. The molecule has 0 fully saturated rings. The lowest BCUT2D eigenvalue weighted by Gasteiger charge is -2.08. The highest BCUT2D eigenvalue weighted by Gasteiger charge is 2.22. The monoisotopic (exact) mass is 178 g/mol. The third-order valence-electron chi connectivity index (χ3n) is 2.20. The number of hydrogen-bond acceptors (Lipinski definition) is 3. The SMILES string of the molecule is Cc1nc2c(n1C)C(N)=NC(=O)C2. The first-order valence-corrected chi connectivity index (χ1v) is 3.99. The highest BCUT2D eigenvalue weighted by atomic mass is 16.1. The summed E-state index contributed by atoms with van der Waals surface area (Å²) in [6, 6.07) is 0. The fourth-order valence-electron chi connectivity index (χ4n) is 1.49. The molecule has 1 amide bonds. The van der Waals surface area contributed by atoms with Gasteiger partial charge in [-0.05, 0) is 6.92 Å². The molecule has 0 atom stereocenters. The Morgan fingerprint density at radius 3 is 2.92 bits per heavy atom. The quantitative estimate of drug-likeness (QED) is 0.583. The highest BCUT2D eigenvalue weighted by Crippen LogP contribution is 2.14. The normalized spacial score (nSPS) is 15.5. The summed E-state index contributed by atoms with van der Waals surface area (Å²) in [5, 5.41) is 0. The van der Waals surface area contributed by atoms with E-state index in [2.05, 4.69) is 9.98 Å². The Kier molecular flexibility index (Phi) is 1.48. The number of nitrogens with two attached hydrogens (primary N) is 1. The van der Waals surface area contributed by atoms with Gasteiger partial charge >= 0.3 is 0 Å². The maximum Gasteiger partial charge on any atom is 0.253 e. The molecule has 1 aliphatic heterocycles. The second-order valence-electron chi connectivity index (χ2n) is 3.08. The summed E-state index contributed by atoms with van der Waals surface area (Å²) in [6.07, 6.45) is 0.262. The van der Waals surface area contributed by atoms with Gasteiger partial charge in [0.2, 0.25) is 0 Å². The van der Waals surface area contributed by atoms with Crippen LogP contribution in [0.3, 0.4) is 0 Å². The van der Waals surface area contributed by atoms with Gasteiger partial charge in [0, 0.05) is 7.05 Å². The van der Waals surface area contributed by atoms with Crippen molar-refractivity contribution in [1.82, 2.24) is 9.55 Å². The molecule has 68 valence electrons. The fraction of sp³-hybridized carbons (Fsp3) is 0.375. The predicted octanol–water partition coefficient (Wildman–Crippen LogP) is -0.483. The number of aryl methyl sites for hydroxylation is 1. The van der Waals surface area contributed by atoms with Crippen LogP contribution in [-0.4, -0.2) is 21.3 Å². The van der Waals surface area contributed by atoms with Gasteiger partial charge in [-0.2, -0.15) is 4.99 Å². The number of hydrogen-bond donors (Lipinski definition) is 1. The van der Waals surface area contributed by atoms with Crippen LogP contribution in [0.4, 0.5) is 0 Å². The molecule has 0 radical (unpaired) electrons. The average Bonchev–Trinajstić information content (AvgIpc) is 2.27. The molecular formula is C8H10N4O. The molecule has 1 aromatic heterocycles. The zero-order valence-corrected chi connectivity index (χ0v) is 7.53. The first kappa shape index (κ1) is 7.97. The minimum atomic E-state index is -0.219. The molecule has 0 aromatic carbocycles. The molecule has 0 unspecified atom stereocenters. The van der Waals surface area contributed by atoms with Crippen LogP contribution in [0.1, 0.15) is 17.2 Å². The number of nitrogens with zero attached hydrogens (tertiary/aromatic N) is 3. The third kappa shape index (κ3) is 1.04. The molecule has 2 heterocycles. The number of amides is 1. The Hall–Kier alpha value is -1.65. The van der Waals surface area contributed by atoms with Crippen LogP contribution in [0.5, 0.6) is 0 Å². The smallest absolute Gasteiger partial charge is 0.253 e. The summed E-state index contributed by atoms with van der Waals surface area (Å²) in [6.45, 7) is 1.87. The molecule has 0 bridgehead atoms. The van der Waals surface area contributed by atoms with E-state index in [1.54, 1.807) is 0 Å². The van der Waals surface area contributed by atoms with Crippen LogP contribution in [-0.2, 0) is 18.3 Å². The topological polar surface area (TPSA) is 73.3 Å². The number of rotatable bonds is 0. The van der Waals surface area contributed by atoms with Crippen LogP contribution in [0.2, 0.25) is 0 Å². The van der Waals surface area contributed by atoms with Gasteiger partial charge in [0.15, 0.2) is 5.84 Å². The van der Waals surface area contributed by atoms with E-state index in [0.717, 1.165) is 17.2 Å². The minimum Gasteiger partial charge on any atom is -0.382 e. The summed E-state index contributed by atoms with van der Waals surface area (Å²) in [7, 11) is 1.86. The van der Waals surface area contributed by atoms with Gasteiger partial charge in [0.1, 0.15) is 11.5 Å². The Bertz CT molecular complexity index is 416. The second-order valence-corrected chi connectivity index (χ2v) is 3.08. The van der Waals surface area contributed by atoms with E-state index in [1.165, 1.54) is 0 Å². The Morgan fingerprint density at radius 2 is 2.23 bits per heavy atom. The highest BCUT2D eigenvalue weighted by molar-refractivity contribution is 6.07. The molecule has 5 heteroatoms. The Morgan fingerprint density at radius 1 is 1.54 bits per heavy atom. The standard InChI is InChI=1S/C8H10N4O/c1-4-10-5-3-6(13)11-8(9)7(5)12(4)2/h3H2,1-2H3,(H2,9,11,13). The zero-order valence-electron chi connectivity index (χ0n) is 7.53. The summed E-state index contributed by atoms with van der Waals surface area (Å²) in [5.74, 6) is 0.898. The van der Waals surface area contributed by atoms with Crippen molar-refractivity contribution < 1.29 is 4.79 Å². The number of fused-ring (bicyclic) bond motifs is 1. The van der Waals surface area contributed by atoms with Crippen molar-refractivity contribution in [1.29, 1.82) is 0 Å². The van der Waals surface area contributed by atoms with Gasteiger partial charge in [-0.1, -0.05) is 0 Å². The van der Waals surface area contributed by atoms with Crippen molar-refractivity contribution in [2.45, 2.75) is 13.3 Å². The molecule has 0 saturated heterocycles. The van der Waals surface area contributed by atoms with Crippen LogP contribution in [0.25, 0.3) is 0 Å². The van der Waals surface area contributed by atoms with Crippen LogP contribution in [0.15, 0.2) is 4.99 Å². The van der Waals surface area contributed by atoms with E-state index < -0.39 is 0 Å². The van der Waals surface area contributed by atoms with Gasteiger partial charge in [0.25, 0.3) is 5.91 Å². The van der Waals surface area contributed by atoms with E-state index in [0.29, 0.717) is 0 Å². The molecule has 1 aromatic rings. The number of aromatic nitrogens is 2.